The highest BCUT2D eigenvalue weighted by Crippen LogP contribution is 2.47. The van der Waals surface area contributed by atoms with Crippen LogP contribution in [0.4, 0.5) is 35.9 Å². The van der Waals surface area contributed by atoms with E-state index in [1.165, 1.54) is 0 Å². The Morgan fingerprint density at radius 2 is 1.60 bits per heavy atom. The maximum absolute atomic E-state index is 13.0. The van der Waals surface area contributed by atoms with Gasteiger partial charge in [0.2, 0.25) is 12.2 Å². The average Bonchev–Trinajstić information content (AvgIpc) is 2.80. The van der Waals surface area contributed by atoms with Gasteiger partial charge in [0, 0.05) is 0 Å². The molecule has 0 radical (unpaired) electrons. The van der Waals surface area contributed by atoms with E-state index in [1.807, 2.05) is 0 Å². The van der Waals surface area contributed by atoms with E-state index in [4.69, 9.17) is 0 Å². The van der Waals surface area contributed by atoms with E-state index in [-0.39, 0.29) is 0 Å². The van der Waals surface area contributed by atoms with Crippen LogP contribution in [0.25, 0.3) is 0 Å². The zero-order valence-electron chi connectivity index (χ0n) is 9.08. The first kappa shape index (κ1) is 14.5. The first-order valence-corrected chi connectivity index (χ1v) is 4.84. The molecule has 3 unspecified atom stereocenters. The van der Waals surface area contributed by atoms with Crippen molar-refractivity contribution in [2.24, 2.45) is 0 Å². The summed E-state index contributed by atoms with van der Waals surface area (Å²) in [7, 11) is 0. The Kier molecular flexibility index (Phi) is 2.95. The van der Waals surface area contributed by atoms with E-state index in [0.29, 0.717) is 0 Å². The maximum atomic E-state index is 13.0. The standard InChI is InChI=1S/C8H4F6O6/c9-7(10,11)3-2(18-5(16)19-3)6(8(12,13)14)1-17-4(15)20-6/h2-3H,1H2. The number of hydrogen-bond acceptors (Lipinski definition) is 6. The molecule has 2 saturated heterocycles. The van der Waals surface area contributed by atoms with E-state index in [1.54, 1.807) is 0 Å². The lowest BCUT2D eigenvalue weighted by Crippen LogP contribution is -2.62. The number of carbonyl (C=O) groups excluding carboxylic acids is 2. The molecular weight excluding hydrogens is 306 g/mol. The molecule has 114 valence electrons. The molecule has 3 atom stereocenters. The average molecular weight is 310 g/mol. The van der Waals surface area contributed by atoms with E-state index < -0.39 is 49.1 Å². The molecule has 2 heterocycles. The zero-order valence-corrected chi connectivity index (χ0v) is 9.08. The fourth-order valence-electron chi connectivity index (χ4n) is 1.75. The summed E-state index contributed by atoms with van der Waals surface area (Å²) < 4.78 is 91.9. The van der Waals surface area contributed by atoms with E-state index in [2.05, 4.69) is 18.9 Å². The highest BCUT2D eigenvalue weighted by molar-refractivity contribution is 5.66. The monoisotopic (exact) mass is 310 g/mol. The van der Waals surface area contributed by atoms with Gasteiger partial charge in [-0.25, -0.2) is 9.59 Å². The lowest BCUT2D eigenvalue weighted by atomic mass is 9.92. The van der Waals surface area contributed by atoms with Crippen LogP contribution in [-0.4, -0.2) is 49.1 Å². The van der Waals surface area contributed by atoms with Crippen LogP contribution in [0.5, 0.6) is 0 Å². The van der Waals surface area contributed by atoms with Crippen molar-refractivity contribution in [2.75, 3.05) is 6.61 Å². The highest BCUT2D eigenvalue weighted by atomic mass is 19.4. The van der Waals surface area contributed by atoms with Gasteiger partial charge >= 0.3 is 24.7 Å². The minimum Gasteiger partial charge on any atom is -0.429 e. The number of carbonyl (C=O) groups is 2. The molecule has 0 aromatic carbocycles. The molecule has 6 nitrogen and oxygen atoms in total. The predicted molar refractivity (Wildman–Crippen MR) is 42.4 cm³/mol. The largest absolute Gasteiger partial charge is 0.509 e. The Labute approximate surface area is 105 Å². The van der Waals surface area contributed by atoms with Crippen LogP contribution < -0.4 is 0 Å². The van der Waals surface area contributed by atoms with Crippen LogP contribution in [0.2, 0.25) is 0 Å². The Balaban J connectivity index is 2.44. The summed E-state index contributed by atoms with van der Waals surface area (Å²) in [6.45, 7) is -1.58. The Hall–Kier alpha value is -1.88. The molecular formula is C8H4F6O6. The maximum Gasteiger partial charge on any atom is 0.509 e. The molecule has 2 aliphatic rings. The van der Waals surface area contributed by atoms with Crippen molar-refractivity contribution in [3.8, 4) is 0 Å². The summed E-state index contributed by atoms with van der Waals surface area (Å²) in [6, 6.07) is 0. The minimum absolute atomic E-state index is 1.58. The van der Waals surface area contributed by atoms with Crippen molar-refractivity contribution >= 4 is 12.3 Å². The molecule has 2 rings (SSSR count). The number of rotatable bonds is 1. The van der Waals surface area contributed by atoms with Gasteiger partial charge in [0.25, 0.3) is 5.60 Å². The van der Waals surface area contributed by atoms with Gasteiger partial charge in [0.1, 0.15) is 6.61 Å². The third-order valence-corrected chi connectivity index (χ3v) is 2.65. The van der Waals surface area contributed by atoms with Crippen molar-refractivity contribution in [3.05, 3.63) is 0 Å². The summed E-state index contributed by atoms with van der Waals surface area (Å²) in [5.74, 6) is 0. The minimum atomic E-state index is -5.47. The topological polar surface area (TPSA) is 71.1 Å². The Morgan fingerprint density at radius 1 is 1.00 bits per heavy atom. The molecule has 12 heteroatoms. The second-order valence-electron chi connectivity index (χ2n) is 3.90. The fraction of sp³-hybridized carbons (Fsp3) is 0.750. The molecule has 0 bridgehead atoms. The zero-order chi connectivity index (χ0) is 15.3. The molecule has 0 spiro atoms. The van der Waals surface area contributed by atoms with Crippen molar-refractivity contribution < 1.29 is 54.9 Å². The molecule has 0 aliphatic carbocycles. The van der Waals surface area contributed by atoms with Crippen molar-refractivity contribution in [1.82, 2.24) is 0 Å². The number of halogens is 6. The van der Waals surface area contributed by atoms with Gasteiger partial charge < -0.3 is 18.9 Å². The smallest absolute Gasteiger partial charge is 0.429 e. The second kappa shape index (κ2) is 4.06. The lowest BCUT2D eigenvalue weighted by Gasteiger charge is -2.33. The van der Waals surface area contributed by atoms with E-state index in [9.17, 15) is 35.9 Å². The SMILES string of the molecule is O=C1OC(C(F)(F)F)C(C2(C(F)(F)F)COC(=O)O2)O1. The third-order valence-electron chi connectivity index (χ3n) is 2.65. The van der Waals surface area contributed by atoms with E-state index >= 15 is 0 Å². The summed E-state index contributed by atoms with van der Waals surface area (Å²) in [4.78, 5) is 21.4. The second-order valence-corrected chi connectivity index (χ2v) is 3.90. The van der Waals surface area contributed by atoms with Gasteiger partial charge in [-0.15, -0.1) is 0 Å². The first-order valence-electron chi connectivity index (χ1n) is 4.84. The molecule has 0 aromatic heterocycles. The number of ether oxygens (including phenoxy) is 4. The van der Waals surface area contributed by atoms with Crippen molar-refractivity contribution in [3.63, 3.8) is 0 Å². The third kappa shape index (κ3) is 2.08. The highest BCUT2D eigenvalue weighted by Gasteiger charge is 2.75. The van der Waals surface area contributed by atoms with Gasteiger partial charge in [-0.05, 0) is 0 Å². The van der Waals surface area contributed by atoms with Crippen LogP contribution in [0, 0.1) is 0 Å². The lowest BCUT2D eigenvalue weighted by molar-refractivity contribution is -0.294. The van der Waals surface area contributed by atoms with Crippen LogP contribution in [0.3, 0.4) is 0 Å². The normalized spacial score (nSPS) is 34.3. The summed E-state index contributed by atoms with van der Waals surface area (Å²) in [5.41, 5.74) is -3.77. The molecule has 20 heavy (non-hydrogen) atoms. The molecule has 0 aromatic rings. The molecule has 0 N–H and O–H groups in total. The van der Waals surface area contributed by atoms with Gasteiger partial charge in [-0.3, -0.25) is 0 Å². The summed E-state index contributed by atoms with van der Waals surface area (Å²) in [5, 5.41) is 0. The van der Waals surface area contributed by atoms with Gasteiger partial charge in [-0.1, -0.05) is 0 Å². The summed E-state index contributed by atoms with van der Waals surface area (Å²) >= 11 is 0. The van der Waals surface area contributed by atoms with Crippen LogP contribution in [0.1, 0.15) is 0 Å². The number of hydrogen-bond donors (Lipinski definition) is 0. The quantitative estimate of drug-likeness (QED) is 0.544. The molecule has 0 amide bonds. The van der Waals surface area contributed by atoms with Crippen LogP contribution >= 0.6 is 0 Å². The molecule has 2 fully saturated rings. The Morgan fingerprint density at radius 3 is 2.00 bits per heavy atom. The molecule has 0 saturated carbocycles. The van der Waals surface area contributed by atoms with Gasteiger partial charge in [0.15, 0.2) is 0 Å². The van der Waals surface area contributed by atoms with Gasteiger partial charge in [-0.2, -0.15) is 26.3 Å². The number of cyclic esters (lactones) is 4. The fourth-order valence-corrected chi connectivity index (χ4v) is 1.75. The summed E-state index contributed by atoms with van der Waals surface area (Å²) in [6.07, 6.45) is -20.8. The van der Waals surface area contributed by atoms with Crippen LogP contribution in [0.15, 0.2) is 0 Å². The Bertz CT molecular complexity index is 444. The number of alkyl halides is 6. The van der Waals surface area contributed by atoms with E-state index in [0.717, 1.165) is 0 Å². The predicted octanol–water partition coefficient (Wildman–Crippen LogP) is 1.92. The van der Waals surface area contributed by atoms with Crippen LogP contribution in [-0.2, 0) is 18.9 Å². The first-order chi connectivity index (χ1) is 8.97. The molecule has 2 aliphatic heterocycles. The van der Waals surface area contributed by atoms with Gasteiger partial charge in [0.05, 0.1) is 0 Å². The van der Waals surface area contributed by atoms with Crippen molar-refractivity contribution in [1.29, 1.82) is 0 Å². The van der Waals surface area contributed by atoms with Crippen molar-refractivity contribution in [2.45, 2.75) is 30.2 Å².